The standard InChI is InChI=1S/C27H36N2O2/c1-4-29(5-2)26(30)18-22-19-27(25-9-7-6-8-24(22)25)14-16-28(17-15-27)20-21-10-12-23(31-3)13-11-21/h6-13,22H,4-5,14-20H2,1-3H3. The number of piperidine rings is 1. The largest absolute Gasteiger partial charge is 0.497 e. The number of ether oxygens (including phenoxy) is 1. The average molecular weight is 421 g/mol. The lowest BCUT2D eigenvalue weighted by Gasteiger charge is -2.40. The van der Waals surface area contributed by atoms with E-state index in [0.29, 0.717) is 18.2 Å². The first kappa shape index (κ1) is 21.9. The van der Waals surface area contributed by atoms with E-state index in [-0.39, 0.29) is 5.41 Å². The topological polar surface area (TPSA) is 32.8 Å². The van der Waals surface area contributed by atoms with Gasteiger partial charge in [-0.1, -0.05) is 36.4 Å². The number of rotatable bonds is 7. The molecular weight excluding hydrogens is 384 g/mol. The first-order chi connectivity index (χ1) is 15.1. The number of amides is 1. The highest BCUT2D eigenvalue weighted by molar-refractivity contribution is 5.77. The Hall–Kier alpha value is -2.33. The van der Waals surface area contributed by atoms with Crippen molar-refractivity contribution in [1.82, 2.24) is 9.80 Å². The van der Waals surface area contributed by atoms with E-state index in [1.807, 2.05) is 17.0 Å². The van der Waals surface area contributed by atoms with Gasteiger partial charge in [0.05, 0.1) is 7.11 Å². The Balaban J connectivity index is 1.44. The number of likely N-dealkylation sites (tertiary alicyclic amines) is 1. The third kappa shape index (κ3) is 4.50. The van der Waals surface area contributed by atoms with Crippen molar-refractivity contribution < 1.29 is 9.53 Å². The van der Waals surface area contributed by atoms with Gasteiger partial charge in [-0.25, -0.2) is 0 Å². The molecule has 2 aromatic rings. The summed E-state index contributed by atoms with van der Waals surface area (Å²) in [6.07, 6.45) is 4.12. The number of carbonyl (C=O) groups excluding carboxylic acids is 1. The summed E-state index contributed by atoms with van der Waals surface area (Å²) in [6, 6.07) is 17.4. The quantitative estimate of drug-likeness (QED) is 0.634. The molecule has 1 amide bonds. The molecule has 1 spiro atoms. The summed E-state index contributed by atoms with van der Waals surface area (Å²) in [5.41, 5.74) is 4.51. The molecule has 1 heterocycles. The van der Waals surface area contributed by atoms with E-state index in [9.17, 15) is 4.79 Å². The van der Waals surface area contributed by atoms with Crippen LogP contribution in [-0.4, -0.2) is 49.0 Å². The van der Waals surface area contributed by atoms with Crippen molar-refractivity contribution in [3.8, 4) is 5.75 Å². The zero-order chi connectivity index (χ0) is 21.8. The van der Waals surface area contributed by atoms with Crippen LogP contribution in [0.15, 0.2) is 48.5 Å². The molecule has 1 aliphatic heterocycles. The van der Waals surface area contributed by atoms with E-state index >= 15 is 0 Å². The Labute approximate surface area is 187 Å². The summed E-state index contributed by atoms with van der Waals surface area (Å²) in [5, 5.41) is 0. The van der Waals surface area contributed by atoms with Crippen molar-refractivity contribution >= 4 is 5.91 Å². The van der Waals surface area contributed by atoms with Crippen LogP contribution >= 0.6 is 0 Å². The lowest BCUT2D eigenvalue weighted by atomic mass is 9.73. The second kappa shape index (κ2) is 9.44. The van der Waals surface area contributed by atoms with Crippen LogP contribution < -0.4 is 4.74 Å². The fourth-order valence-electron chi connectivity index (χ4n) is 5.73. The Bertz CT molecular complexity index is 880. The van der Waals surface area contributed by atoms with Gasteiger partial charge in [-0.05, 0) is 86.4 Å². The lowest BCUT2D eigenvalue weighted by Crippen LogP contribution is -2.41. The summed E-state index contributed by atoms with van der Waals surface area (Å²) >= 11 is 0. The molecule has 2 aliphatic rings. The van der Waals surface area contributed by atoms with Crippen LogP contribution in [-0.2, 0) is 16.8 Å². The van der Waals surface area contributed by atoms with Crippen molar-refractivity contribution in [3.63, 3.8) is 0 Å². The molecule has 2 aromatic carbocycles. The number of fused-ring (bicyclic) bond motifs is 2. The molecule has 1 saturated heterocycles. The number of benzene rings is 2. The fraction of sp³-hybridized carbons (Fsp3) is 0.519. The number of methoxy groups -OCH3 is 1. The van der Waals surface area contributed by atoms with E-state index in [1.54, 1.807) is 7.11 Å². The average Bonchev–Trinajstić information content (AvgIpc) is 3.10. The van der Waals surface area contributed by atoms with E-state index in [2.05, 4.69) is 55.1 Å². The van der Waals surface area contributed by atoms with Gasteiger partial charge in [-0.15, -0.1) is 0 Å². The zero-order valence-corrected chi connectivity index (χ0v) is 19.3. The SMILES string of the molecule is CCN(CC)C(=O)CC1CC2(CCN(Cc3ccc(OC)cc3)CC2)c2ccccc21. The monoisotopic (exact) mass is 420 g/mol. The van der Waals surface area contributed by atoms with Crippen molar-refractivity contribution in [2.45, 2.75) is 57.4 Å². The number of hydrogen-bond acceptors (Lipinski definition) is 3. The second-order valence-electron chi connectivity index (χ2n) is 9.16. The van der Waals surface area contributed by atoms with Crippen molar-refractivity contribution in [3.05, 3.63) is 65.2 Å². The first-order valence-corrected chi connectivity index (χ1v) is 11.8. The maximum atomic E-state index is 12.9. The van der Waals surface area contributed by atoms with Crippen molar-refractivity contribution in [2.75, 3.05) is 33.3 Å². The second-order valence-corrected chi connectivity index (χ2v) is 9.16. The van der Waals surface area contributed by atoms with Crippen LogP contribution in [0.2, 0.25) is 0 Å². The smallest absolute Gasteiger partial charge is 0.223 e. The van der Waals surface area contributed by atoms with Crippen LogP contribution in [0.4, 0.5) is 0 Å². The number of carbonyl (C=O) groups is 1. The minimum atomic E-state index is 0.237. The highest BCUT2D eigenvalue weighted by Crippen LogP contribution is 2.52. The normalized spacial score (nSPS) is 19.9. The molecule has 0 N–H and O–H groups in total. The highest BCUT2D eigenvalue weighted by atomic mass is 16.5. The molecule has 4 nitrogen and oxygen atoms in total. The predicted octanol–water partition coefficient (Wildman–Crippen LogP) is 4.97. The molecule has 0 aromatic heterocycles. The third-order valence-electron chi connectivity index (χ3n) is 7.52. The Morgan fingerprint density at radius 2 is 1.74 bits per heavy atom. The molecule has 1 aliphatic carbocycles. The molecule has 1 unspecified atom stereocenters. The molecular formula is C27H36N2O2. The summed E-state index contributed by atoms with van der Waals surface area (Å²) < 4.78 is 5.28. The lowest BCUT2D eigenvalue weighted by molar-refractivity contribution is -0.131. The van der Waals surface area contributed by atoms with Gasteiger partial charge in [-0.3, -0.25) is 9.69 Å². The van der Waals surface area contributed by atoms with Gasteiger partial charge in [0.15, 0.2) is 0 Å². The minimum Gasteiger partial charge on any atom is -0.497 e. The molecule has 31 heavy (non-hydrogen) atoms. The van der Waals surface area contributed by atoms with Crippen LogP contribution in [0.25, 0.3) is 0 Å². The minimum absolute atomic E-state index is 0.237. The maximum absolute atomic E-state index is 12.9. The molecule has 166 valence electrons. The molecule has 1 atom stereocenters. The van der Waals surface area contributed by atoms with E-state index in [0.717, 1.165) is 44.9 Å². The van der Waals surface area contributed by atoms with Crippen LogP contribution in [0.5, 0.6) is 5.75 Å². The fourth-order valence-corrected chi connectivity index (χ4v) is 5.73. The predicted molar refractivity (Wildman–Crippen MR) is 126 cm³/mol. The van der Waals surface area contributed by atoms with Gasteiger partial charge >= 0.3 is 0 Å². The summed E-state index contributed by atoms with van der Waals surface area (Å²) in [7, 11) is 1.71. The van der Waals surface area contributed by atoms with Crippen molar-refractivity contribution in [1.29, 1.82) is 0 Å². The van der Waals surface area contributed by atoms with Crippen LogP contribution in [0.3, 0.4) is 0 Å². The van der Waals surface area contributed by atoms with Crippen LogP contribution in [0, 0.1) is 0 Å². The highest BCUT2D eigenvalue weighted by Gasteiger charge is 2.45. The Kier molecular flexibility index (Phi) is 6.66. The molecule has 4 heteroatoms. The molecule has 0 bridgehead atoms. The van der Waals surface area contributed by atoms with Gasteiger partial charge in [0.25, 0.3) is 0 Å². The Morgan fingerprint density at radius 3 is 2.39 bits per heavy atom. The summed E-state index contributed by atoms with van der Waals surface area (Å²) in [4.78, 5) is 17.4. The third-order valence-corrected chi connectivity index (χ3v) is 7.52. The van der Waals surface area contributed by atoms with Crippen LogP contribution in [0.1, 0.15) is 62.1 Å². The van der Waals surface area contributed by atoms with E-state index in [1.165, 1.54) is 29.5 Å². The first-order valence-electron chi connectivity index (χ1n) is 11.8. The summed E-state index contributed by atoms with van der Waals surface area (Å²) in [6.45, 7) is 8.96. The number of nitrogens with zero attached hydrogens (tertiary/aromatic N) is 2. The van der Waals surface area contributed by atoms with Gasteiger partial charge in [0, 0.05) is 26.1 Å². The van der Waals surface area contributed by atoms with Gasteiger partial charge in [0.1, 0.15) is 5.75 Å². The molecule has 4 rings (SSSR count). The van der Waals surface area contributed by atoms with Crippen molar-refractivity contribution in [2.24, 2.45) is 0 Å². The molecule has 0 radical (unpaired) electrons. The van der Waals surface area contributed by atoms with Gasteiger partial charge < -0.3 is 9.64 Å². The number of hydrogen-bond donors (Lipinski definition) is 0. The summed E-state index contributed by atoms with van der Waals surface area (Å²) in [5.74, 6) is 1.57. The molecule has 0 saturated carbocycles. The van der Waals surface area contributed by atoms with Gasteiger partial charge in [0.2, 0.25) is 5.91 Å². The van der Waals surface area contributed by atoms with Gasteiger partial charge in [-0.2, -0.15) is 0 Å². The molecule has 1 fully saturated rings. The zero-order valence-electron chi connectivity index (χ0n) is 19.3. The van der Waals surface area contributed by atoms with E-state index < -0.39 is 0 Å². The maximum Gasteiger partial charge on any atom is 0.223 e. The van der Waals surface area contributed by atoms with E-state index in [4.69, 9.17) is 4.74 Å². The Morgan fingerprint density at radius 1 is 1.06 bits per heavy atom.